The van der Waals surface area contributed by atoms with E-state index in [4.69, 9.17) is 0 Å². The lowest BCUT2D eigenvalue weighted by Crippen LogP contribution is -2.84. The molecule has 248 valence electrons. The van der Waals surface area contributed by atoms with E-state index in [1.54, 1.807) is 0 Å². The normalized spacial score (nSPS) is 16.4. The zero-order chi connectivity index (χ0) is 33.7. The van der Waals surface area contributed by atoms with E-state index in [0.29, 0.717) is 0 Å². The van der Waals surface area contributed by atoms with Crippen LogP contribution in [0.4, 0.5) is 74.6 Å². The molecule has 0 spiro atoms. The Hall–Kier alpha value is -1.25. The Balaban J connectivity index is 7.38. The molecular weight excluding hydrogens is 655 g/mol. The minimum absolute atomic E-state index is 0.826. The van der Waals surface area contributed by atoms with Gasteiger partial charge in [-0.2, -0.15) is 74.6 Å². The Morgan fingerprint density at radius 3 is 0.854 bits per heavy atom. The Kier molecular flexibility index (Phi) is 10.7. The molecule has 0 heterocycles. The van der Waals surface area contributed by atoms with Crippen molar-refractivity contribution in [2.24, 2.45) is 0 Å². The number of rotatable bonds is 15. The average molecular weight is 674 g/mol. The van der Waals surface area contributed by atoms with Gasteiger partial charge in [0.1, 0.15) is 0 Å². The lowest BCUT2D eigenvalue weighted by atomic mass is 9.86. The predicted octanol–water partition coefficient (Wildman–Crippen LogP) is 3.95. The molecule has 41 heavy (non-hydrogen) atoms. The first kappa shape index (κ1) is 39.7. The van der Waals surface area contributed by atoms with Gasteiger partial charge in [0.05, 0.1) is 0 Å². The summed E-state index contributed by atoms with van der Waals surface area (Å²) < 4.78 is 243. The van der Waals surface area contributed by atoms with Gasteiger partial charge in [-0.3, -0.25) is 0 Å². The van der Waals surface area contributed by atoms with Crippen LogP contribution in [0.15, 0.2) is 0 Å². The summed E-state index contributed by atoms with van der Waals surface area (Å²) >= 11 is 0. The smallest absolute Gasteiger partial charge is 0.371 e. The summed E-state index contributed by atoms with van der Waals surface area (Å²) in [4.78, 5) is 0. The molecule has 0 fully saturated rings. The van der Waals surface area contributed by atoms with E-state index < -0.39 is 87.5 Å². The number of hydrogen-bond donors (Lipinski definition) is 4. The van der Waals surface area contributed by atoms with Gasteiger partial charge in [0.25, 0.3) is 11.2 Å². The highest BCUT2D eigenvalue weighted by molar-refractivity contribution is 6.63. The van der Waals surface area contributed by atoms with Crippen molar-refractivity contribution in [2.75, 3.05) is 19.8 Å². The van der Waals surface area contributed by atoms with Crippen LogP contribution in [-0.2, 0) is 13.3 Å². The van der Waals surface area contributed by atoms with E-state index in [-0.39, 0.29) is 0 Å². The zero-order valence-electron chi connectivity index (χ0n) is 20.1. The molecule has 0 aromatic rings. The summed E-state index contributed by atoms with van der Waals surface area (Å²) in [6, 6.07) is 0. The lowest BCUT2D eigenvalue weighted by molar-refractivity contribution is -0.491. The maximum absolute atomic E-state index is 14.6. The monoisotopic (exact) mass is 674 g/mol. The second-order valence-corrected chi connectivity index (χ2v) is 10.4. The first-order valence-corrected chi connectivity index (χ1v) is 11.9. The van der Waals surface area contributed by atoms with Gasteiger partial charge in [0.15, 0.2) is 0 Å². The van der Waals surface area contributed by atoms with Crippen molar-refractivity contribution < 1.29 is 108 Å². The fourth-order valence-corrected chi connectivity index (χ4v) is 5.39. The zero-order valence-corrected chi connectivity index (χ0v) is 21.1. The van der Waals surface area contributed by atoms with Crippen LogP contribution in [0.3, 0.4) is 0 Å². The summed E-state index contributed by atoms with van der Waals surface area (Å²) in [5.41, 5.74) is -5.64. The SMILES string of the molecule is CCO[Si](OCC)(OCC)C(O)(O)C(O)(O)C(F)(F)C(F)(F)C(F)(F)C(F)(F)C(F)(F)C(F)(F)C(F)(F)C(F)(F)F. The number of hydrogen-bond acceptors (Lipinski definition) is 7. The molecule has 0 aliphatic rings. The van der Waals surface area contributed by atoms with Crippen LogP contribution in [0.1, 0.15) is 20.8 Å². The van der Waals surface area contributed by atoms with Gasteiger partial charge in [0.2, 0.25) is 0 Å². The number of aliphatic hydroxyl groups is 4. The van der Waals surface area contributed by atoms with Crippen LogP contribution < -0.4 is 0 Å². The molecule has 0 bridgehead atoms. The molecule has 0 atom stereocenters. The standard InChI is InChI=1S/C16H19F17O7Si/c1-4-38-41(39-5-2,40-6-3)16(36,37)14(34,35)12(27,28)10(23,24)8(19,20)7(17,18)9(21,22)11(25,26)13(29,30)15(31,32)33/h34-37H,4-6H2,1-3H3. The summed E-state index contributed by atoms with van der Waals surface area (Å²) in [6.45, 7) is -0.533. The topological polar surface area (TPSA) is 109 Å². The molecule has 0 aliphatic carbocycles. The molecule has 0 radical (unpaired) electrons. The Morgan fingerprint density at radius 2 is 0.634 bits per heavy atom. The number of halogens is 17. The van der Waals surface area contributed by atoms with Crippen LogP contribution in [0.25, 0.3) is 0 Å². The van der Waals surface area contributed by atoms with Crippen molar-refractivity contribution in [3.8, 4) is 0 Å². The van der Waals surface area contributed by atoms with Crippen molar-refractivity contribution in [2.45, 2.75) is 79.6 Å². The van der Waals surface area contributed by atoms with E-state index in [2.05, 4.69) is 13.3 Å². The van der Waals surface area contributed by atoms with Crippen molar-refractivity contribution in [1.82, 2.24) is 0 Å². The largest absolute Gasteiger partial charge is 0.569 e. The van der Waals surface area contributed by atoms with Gasteiger partial charge in [-0.1, -0.05) is 0 Å². The van der Waals surface area contributed by atoms with Crippen LogP contribution >= 0.6 is 0 Å². The summed E-state index contributed by atoms with van der Waals surface area (Å²) in [7, 11) is -6.19. The molecule has 25 heteroatoms. The second kappa shape index (κ2) is 11.0. The van der Waals surface area contributed by atoms with Crippen LogP contribution in [0.2, 0.25) is 0 Å². The van der Waals surface area contributed by atoms with Crippen molar-refractivity contribution >= 4 is 8.80 Å². The summed E-state index contributed by atoms with van der Waals surface area (Å²) in [6.07, 6.45) is -7.96. The van der Waals surface area contributed by atoms with Crippen LogP contribution in [0, 0.1) is 0 Å². The fourth-order valence-electron chi connectivity index (χ4n) is 2.81. The third kappa shape index (κ3) is 5.15. The van der Waals surface area contributed by atoms with Gasteiger partial charge in [-0.05, 0) is 20.8 Å². The highest BCUT2D eigenvalue weighted by Gasteiger charge is 2.98. The first-order valence-electron chi connectivity index (χ1n) is 10.2. The van der Waals surface area contributed by atoms with E-state index in [1.807, 2.05) is 0 Å². The van der Waals surface area contributed by atoms with Crippen molar-refractivity contribution in [3.05, 3.63) is 0 Å². The van der Waals surface area contributed by atoms with E-state index >= 15 is 0 Å². The molecular formula is C16H19F17O7Si. The first-order chi connectivity index (χ1) is 17.7. The van der Waals surface area contributed by atoms with Gasteiger partial charge in [-0.15, -0.1) is 0 Å². The maximum Gasteiger partial charge on any atom is 0.569 e. The molecule has 7 nitrogen and oxygen atoms in total. The Labute approximate surface area is 217 Å². The molecule has 0 rings (SSSR count). The number of alkyl halides is 17. The van der Waals surface area contributed by atoms with E-state index in [1.165, 1.54) is 0 Å². The minimum Gasteiger partial charge on any atom is -0.371 e. The predicted molar refractivity (Wildman–Crippen MR) is 95.7 cm³/mol. The molecule has 0 amide bonds. The molecule has 0 aromatic heterocycles. The van der Waals surface area contributed by atoms with Crippen LogP contribution in [0.5, 0.6) is 0 Å². The highest BCUT2D eigenvalue weighted by Crippen LogP contribution is 2.65. The highest BCUT2D eigenvalue weighted by atomic mass is 28.4. The molecule has 0 saturated carbocycles. The summed E-state index contributed by atoms with van der Waals surface area (Å²) in [5.74, 6) is -67.6. The van der Waals surface area contributed by atoms with E-state index in [0.717, 1.165) is 20.8 Å². The third-order valence-corrected chi connectivity index (χ3v) is 8.28. The molecule has 0 aliphatic heterocycles. The van der Waals surface area contributed by atoms with Gasteiger partial charge >= 0.3 is 56.4 Å². The quantitative estimate of drug-likeness (QED) is 0.119. The molecule has 4 N–H and O–H groups in total. The third-order valence-electron chi connectivity index (χ3n) is 5.08. The van der Waals surface area contributed by atoms with Crippen molar-refractivity contribution in [1.29, 1.82) is 0 Å². The second-order valence-electron chi connectivity index (χ2n) is 7.72. The van der Waals surface area contributed by atoms with Gasteiger partial charge < -0.3 is 33.7 Å². The Bertz CT molecular complexity index is 850. The average Bonchev–Trinajstić information content (AvgIpc) is 2.77. The Morgan fingerprint density at radius 1 is 0.415 bits per heavy atom. The molecule has 0 aromatic carbocycles. The molecule has 0 unspecified atom stereocenters. The fraction of sp³-hybridized carbons (Fsp3) is 1.00. The van der Waals surface area contributed by atoms with Crippen molar-refractivity contribution in [3.63, 3.8) is 0 Å². The maximum atomic E-state index is 14.6. The van der Waals surface area contributed by atoms with Gasteiger partial charge in [-0.25, -0.2) is 0 Å². The van der Waals surface area contributed by atoms with E-state index in [9.17, 15) is 95.1 Å². The van der Waals surface area contributed by atoms with Crippen LogP contribution in [-0.4, -0.2) is 108 Å². The minimum atomic E-state index is -9.04. The van der Waals surface area contributed by atoms with Gasteiger partial charge in [0, 0.05) is 19.8 Å². The summed E-state index contributed by atoms with van der Waals surface area (Å²) in [5, 5.41) is 39.2. The lowest BCUT2D eigenvalue weighted by Gasteiger charge is -2.49. The molecule has 0 saturated heterocycles.